The number of likely N-dealkylation sites (N-methyl/N-ethyl adjacent to an activating group) is 1. The molecule has 0 radical (unpaired) electrons. The highest BCUT2D eigenvalue weighted by Crippen LogP contribution is 2.07. The molecule has 0 aromatic rings. The molecule has 1 aliphatic rings. The Bertz CT molecular complexity index is 275. The molecule has 0 saturated carbocycles. The molecule has 2 amide bonds. The zero-order chi connectivity index (χ0) is 12.8. The van der Waals surface area contributed by atoms with Crippen LogP contribution in [0.3, 0.4) is 0 Å². The maximum Gasteiger partial charge on any atom is 0.404 e. The lowest BCUT2D eigenvalue weighted by atomic mass is 10.1. The summed E-state index contributed by atoms with van der Waals surface area (Å²) in [6.45, 7) is 5.57. The van der Waals surface area contributed by atoms with E-state index < -0.39 is 6.09 Å². The van der Waals surface area contributed by atoms with Gasteiger partial charge in [0, 0.05) is 39.1 Å². The number of rotatable bonds is 4. The quantitative estimate of drug-likeness (QED) is 0.732. The average Bonchev–Trinajstić information content (AvgIpc) is 2.27. The van der Waals surface area contributed by atoms with Crippen molar-refractivity contribution in [2.45, 2.75) is 13.3 Å². The number of piperazine rings is 1. The van der Waals surface area contributed by atoms with Gasteiger partial charge in [-0.15, -0.1) is 0 Å². The molecular formula is C11H21N3O3. The van der Waals surface area contributed by atoms with Crippen molar-refractivity contribution < 1.29 is 14.7 Å². The molecule has 0 spiro atoms. The normalized spacial score (nSPS) is 18.8. The number of amides is 2. The molecule has 1 rings (SSSR count). The van der Waals surface area contributed by atoms with Crippen LogP contribution in [0.15, 0.2) is 0 Å². The van der Waals surface area contributed by atoms with Gasteiger partial charge in [0.15, 0.2) is 0 Å². The van der Waals surface area contributed by atoms with Gasteiger partial charge in [-0.25, -0.2) is 4.79 Å². The number of carbonyl (C=O) groups is 2. The molecule has 0 bridgehead atoms. The van der Waals surface area contributed by atoms with E-state index >= 15 is 0 Å². The van der Waals surface area contributed by atoms with Gasteiger partial charge in [-0.05, 0) is 13.0 Å². The molecular weight excluding hydrogens is 222 g/mol. The summed E-state index contributed by atoms with van der Waals surface area (Å²) in [5, 5.41) is 10.8. The molecule has 1 unspecified atom stereocenters. The molecule has 0 aromatic carbocycles. The van der Waals surface area contributed by atoms with Crippen molar-refractivity contribution >= 4 is 12.0 Å². The van der Waals surface area contributed by atoms with E-state index in [-0.39, 0.29) is 11.8 Å². The fraction of sp³-hybridized carbons (Fsp3) is 0.818. The number of hydrogen-bond donors (Lipinski definition) is 2. The topological polar surface area (TPSA) is 72.9 Å². The van der Waals surface area contributed by atoms with E-state index in [1.54, 1.807) is 0 Å². The predicted molar refractivity (Wildman–Crippen MR) is 63.9 cm³/mol. The first-order valence-corrected chi connectivity index (χ1v) is 5.92. The third-order valence-electron chi connectivity index (χ3n) is 2.98. The van der Waals surface area contributed by atoms with Crippen molar-refractivity contribution in [2.75, 3.05) is 39.8 Å². The Hall–Kier alpha value is -1.30. The molecule has 0 aliphatic carbocycles. The smallest absolute Gasteiger partial charge is 0.404 e. The molecule has 98 valence electrons. The van der Waals surface area contributed by atoms with Gasteiger partial charge in [0.25, 0.3) is 0 Å². The van der Waals surface area contributed by atoms with Gasteiger partial charge in [0.1, 0.15) is 0 Å². The monoisotopic (exact) mass is 243 g/mol. The summed E-state index contributed by atoms with van der Waals surface area (Å²) in [5.41, 5.74) is 0. The van der Waals surface area contributed by atoms with E-state index in [9.17, 15) is 9.59 Å². The summed E-state index contributed by atoms with van der Waals surface area (Å²) in [5.74, 6) is 0.163. The standard InChI is InChI=1S/C11H21N3O3/c1-9(8-12-11(16)17)7-10(15)14-5-3-13(2)4-6-14/h9,12H,3-8H2,1-2H3,(H,16,17). The summed E-state index contributed by atoms with van der Waals surface area (Å²) in [7, 11) is 2.04. The zero-order valence-corrected chi connectivity index (χ0v) is 10.5. The molecule has 1 aliphatic heterocycles. The van der Waals surface area contributed by atoms with Crippen molar-refractivity contribution in [2.24, 2.45) is 5.92 Å². The Kier molecular flexibility index (Phi) is 5.21. The van der Waals surface area contributed by atoms with Crippen LogP contribution in [0, 0.1) is 5.92 Å². The third kappa shape index (κ3) is 5.04. The maximum atomic E-state index is 11.9. The van der Waals surface area contributed by atoms with E-state index in [1.807, 2.05) is 18.9 Å². The lowest BCUT2D eigenvalue weighted by Crippen LogP contribution is -2.47. The maximum absolute atomic E-state index is 11.9. The van der Waals surface area contributed by atoms with Crippen molar-refractivity contribution in [1.82, 2.24) is 15.1 Å². The van der Waals surface area contributed by atoms with Crippen LogP contribution in [0.25, 0.3) is 0 Å². The van der Waals surface area contributed by atoms with Crippen LogP contribution in [0.5, 0.6) is 0 Å². The summed E-state index contributed by atoms with van der Waals surface area (Å²) < 4.78 is 0. The van der Waals surface area contributed by atoms with Crippen LogP contribution in [0.4, 0.5) is 4.79 Å². The van der Waals surface area contributed by atoms with Gasteiger partial charge in [-0.3, -0.25) is 4.79 Å². The average molecular weight is 243 g/mol. The zero-order valence-electron chi connectivity index (χ0n) is 10.5. The fourth-order valence-electron chi connectivity index (χ4n) is 1.82. The van der Waals surface area contributed by atoms with E-state index in [4.69, 9.17) is 5.11 Å². The summed E-state index contributed by atoms with van der Waals surface area (Å²) >= 11 is 0. The second-order valence-electron chi connectivity index (χ2n) is 4.68. The van der Waals surface area contributed by atoms with E-state index in [0.717, 1.165) is 26.2 Å². The highest BCUT2D eigenvalue weighted by Gasteiger charge is 2.20. The fourth-order valence-corrected chi connectivity index (χ4v) is 1.82. The van der Waals surface area contributed by atoms with Gasteiger partial charge in [-0.1, -0.05) is 6.92 Å². The minimum absolute atomic E-state index is 0.0401. The SMILES string of the molecule is CC(CNC(=O)O)CC(=O)N1CCN(C)CC1. The second-order valence-corrected chi connectivity index (χ2v) is 4.68. The summed E-state index contributed by atoms with van der Waals surface area (Å²) in [6.07, 6.45) is -0.631. The van der Waals surface area contributed by atoms with Crippen LogP contribution >= 0.6 is 0 Å². The Morgan fingerprint density at radius 2 is 1.88 bits per heavy atom. The van der Waals surface area contributed by atoms with Crippen molar-refractivity contribution in [3.05, 3.63) is 0 Å². The molecule has 6 nitrogen and oxygen atoms in total. The van der Waals surface area contributed by atoms with Gasteiger partial charge >= 0.3 is 6.09 Å². The Morgan fingerprint density at radius 3 is 2.41 bits per heavy atom. The minimum atomic E-state index is -1.04. The molecule has 2 N–H and O–H groups in total. The highest BCUT2D eigenvalue weighted by molar-refractivity contribution is 5.76. The van der Waals surface area contributed by atoms with Crippen LogP contribution in [0.1, 0.15) is 13.3 Å². The Morgan fingerprint density at radius 1 is 1.29 bits per heavy atom. The molecule has 6 heteroatoms. The van der Waals surface area contributed by atoms with Crippen molar-refractivity contribution in [1.29, 1.82) is 0 Å². The molecule has 1 fully saturated rings. The lowest BCUT2D eigenvalue weighted by Gasteiger charge is -2.33. The predicted octanol–water partition coefficient (Wildman–Crippen LogP) is 0.0542. The number of carboxylic acid groups (broad SMARTS) is 1. The summed E-state index contributed by atoms with van der Waals surface area (Å²) in [4.78, 5) is 26.3. The third-order valence-corrected chi connectivity index (χ3v) is 2.98. The van der Waals surface area contributed by atoms with E-state index in [0.29, 0.717) is 13.0 Å². The van der Waals surface area contributed by atoms with Gasteiger partial charge < -0.3 is 20.2 Å². The van der Waals surface area contributed by atoms with Crippen molar-refractivity contribution in [3.8, 4) is 0 Å². The number of nitrogens with one attached hydrogen (secondary N) is 1. The van der Waals surface area contributed by atoms with Crippen molar-refractivity contribution in [3.63, 3.8) is 0 Å². The molecule has 1 atom stereocenters. The Balaban J connectivity index is 2.26. The Labute approximate surface area is 102 Å². The number of carbonyl (C=O) groups excluding carboxylic acids is 1. The first-order valence-electron chi connectivity index (χ1n) is 5.92. The number of hydrogen-bond acceptors (Lipinski definition) is 3. The van der Waals surface area contributed by atoms with Crippen LogP contribution in [-0.2, 0) is 4.79 Å². The van der Waals surface area contributed by atoms with E-state index in [2.05, 4.69) is 10.2 Å². The lowest BCUT2D eigenvalue weighted by molar-refractivity contribution is -0.133. The van der Waals surface area contributed by atoms with Gasteiger partial charge in [0.05, 0.1) is 0 Å². The van der Waals surface area contributed by atoms with Gasteiger partial charge in [-0.2, -0.15) is 0 Å². The molecule has 0 aromatic heterocycles. The molecule has 17 heavy (non-hydrogen) atoms. The highest BCUT2D eigenvalue weighted by atomic mass is 16.4. The first kappa shape index (κ1) is 13.8. The second kappa shape index (κ2) is 6.44. The minimum Gasteiger partial charge on any atom is -0.465 e. The molecule has 1 saturated heterocycles. The molecule has 1 heterocycles. The largest absolute Gasteiger partial charge is 0.465 e. The van der Waals surface area contributed by atoms with Crippen LogP contribution in [-0.4, -0.2) is 66.7 Å². The van der Waals surface area contributed by atoms with Crippen LogP contribution < -0.4 is 5.32 Å². The number of nitrogens with zero attached hydrogens (tertiary/aromatic N) is 2. The van der Waals surface area contributed by atoms with Gasteiger partial charge in [0.2, 0.25) is 5.91 Å². The summed E-state index contributed by atoms with van der Waals surface area (Å²) in [6, 6.07) is 0. The van der Waals surface area contributed by atoms with E-state index in [1.165, 1.54) is 0 Å². The van der Waals surface area contributed by atoms with Crippen LogP contribution in [0.2, 0.25) is 0 Å². The first-order chi connectivity index (χ1) is 7.99.